The predicted octanol–water partition coefficient (Wildman–Crippen LogP) is 0.363. The van der Waals surface area contributed by atoms with E-state index >= 15 is 0 Å². The Kier molecular flexibility index (Phi) is 3.79. The number of rotatable bonds is 3. The highest BCUT2D eigenvalue weighted by Gasteiger charge is 2.34. The van der Waals surface area contributed by atoms with Gasteiger partial charge in [-0.2, -0.15) is 9.57 Å². The van der Waals surface area contributed by atoms with Crippen LogP contribution < -0.4 is 5.73 Å². The van der Waals surface area contributed by atoms with Crippen molar-refractivity contribution in [3.8, 4) is 6.07 Å². The first kappa shape index (κ1) is 14.5. The Labute approximate surface area is 117 Å². The second-order valence-electron chi connectivity index (χ2n) is 4.84. The van der Waals surface area contributed by atoms with Crippen LogP contribution in [0.4, 0.5) is 0 Å². The lowest BCUT2D eigenvalue weighted by molar-refractivity contribution is -0.121. The summed E-state index contributed by atoms with van der Waals surface area (Å²) < 4.78 is 26.2. The van der Waals surface area contributed by atoms with Crippen LogP contribution in [0.25, 0.3) is 0 Å². The zero-order valence-corrected chi connectivity index (χ0v) is 11.9. The number of hydrogen-bond donors (Lipinski definition) is 1. The maximum absolute atomic E-state index is 12.4. The van der Waals surface area contributed by atoms with Crippen LogP contribution in [-0.2, 0) is 14.8 Å². The molecule has 7 heteroatoms. The summed E-state index contributed by atoms with van der Waals surface area (Å²) in [6, 6.07) is 6.38. The molecular formula is C13H15N3O3S. The van der Waals surface area contributed by atoms with E-state index in [9.17, 15) is 13.2 Å². The van der Waals surface area contributed by atoms with E-state index in [2.05, 4.69) is 0 Å². The molecule has 0 spiro atoms. The second-order valence-corrected chi connectivity index (χ2v) is 6.78. The fraction of sp³-hybridized carbons (Fsp3) is 0.385. The third kappa shape index (κ3) is 2.53. The maximum Gasteiger partial charge on any atom is 0.243 e. The molecule has 2 N–H and O–H groups in total. The fourth-order valence-electron chi connectivity index (χ4n) is 2.25. The molecule has 1 atom stereocenters. The molecule has 1 fully saturated rings. The van der Waals surface area contributed by atoms with Crippen LogP contribution >= 0.6 is 0 Å². The third-order valence-corrected chi connectivity index (χ3v) is 5.37. The summed E-state index contributed by atoms with van der Waals surface area (Å²) in [6.07, 6.45) is 0.448. The number of carbonyl (C=O) groups is 1. The van der Waals surface area contributed by atoms with Gasteiger partial charge in [0.05, 0.1) is 22.4 Å². The molecule has 106 valence electrons. The van der Waals surface area contributed by atoms with E-state index in [0.717, 1.165) is 0 Å². The summed E-state index contributed by atoms with van der Waals surface area (Å²) in [5.74, 6) is -0.900. The molecule has 0 saturated carbocycles. The molecule has 1 unspecified atom stereocenters. The van der Waals surface area contributed by atoms with E-state index in [4.69, 9.17) is 11.0 Å². The van der Waals surface area contributed by atoms with Gasteiger partial charge in [-0.15, -0.1) is 0 Å². The van der Waals surface area contributed by atoms with Gasteiger partial charge in [-0.3, -0.25) is 4.79 Å². The summed E-state index contributed by atoms with van der Waals surface area (Å²) in [5, 5.41) is 8.86. The van der Waals surface area contributed by atoms with Crippen LogP contribution in [0.1, 0.15) is 17.5 Å². The van der Waals surface area contributed by atoms with E-state index in [1.807, 2.05) is 6.07 Å². The number of nitrogens with two attached hydrogens (primary N) is 1. The van der Waals surface area contributed by atoms with Gasteiger partial charge in [0.25, 0.3) is 0 Å². The summed E-state index contributed by atoms with van der Waals surface area (Å²) in [7, 11) is -3.64. The first-order valence-corrected chi connectivity index (χ1v) is 7.60. The van der Waals surface area contributed by atoms with Crippen LogP contribution in [0.15, 0.2) is 23.1 Å². The Morgan fingerprint density at radius 1 is 1.50 bits per heavy atom. The lowest BCUT2D eigenvalue weighted by atomic mass is 10.1. The van der Waals surface area contributed by atoms with Gasteiger partial charge >= 0.3 is 0 Å². The van der Waals surface area contributed by atoms with Crippen LogP contribution in [0.3, 0.4) is 0 Å². The summed E-state index contributed by atoms with van der Waals surface area (Å²) in [5.41, 5.74) is 6.26. The maximum atomic E-state index is 12.4. The Morgan fingerprint density at radius 3 is 2.70 bits per heavy atom. The van der Waals surface area contributed by atoms with Gasteiger partial charge in [-0.05, 0) is 37.1 Å². The van der Waals surface area contributed by atoms with E-state index < -0.39 is 21.8 Å². The predicted molar refractivity (Wildman–Crippen MR) is 72.0 cm³/mol. The van der Waals surface area contributed by atoms with Crippen molar-refractivity contribution in [2.24, 2.45) is 11.7 Å². The lowest BCUT2D eigenvalue weighted by Crippen LogP contribution is -2.31. The third-order valence-electron chi connectivity index (χ3n) is 3.51. The Morgan fingerprint density at radius 2 is 2.20 bits per heavy atom. The number of hydrogen-bond acceptors (Lipinski definition) is 4. The Balaban J connectivity index is 2.30. The molecule has 1 aliphatic heterocycles. The van der Waals surface area contributed by atoms with Crippen molar-refractivity contribution in [3.63, 3.8) is 0 Å². The van der Waals surface area contributed by atoms with Gasteiger partial charge in [-0.1, -0.05) is 0 Å². The van der Waals surface area contributed by atoms with Crippen LogP contribution in [-0.4, -0.2) is 31.7 Å². The number of nitriles is 1. The highest BCUT2D eigenvalue weighted by Crippen LogP contribution is 2.25. The quantitative estimate of drug-likeness (QED) is 0.868. The van der Waals surface area contributed by atoms with Crippen molar-refractivity contribution in [3.05, 3.63) is 29.3 Å². The smallest absolute Gasteiger partial charge is 0.243 e. The highest BCUT2D eigenvalue weighted by atomic mass is 32.2. The van der Waals surface area contributed by atoms with Gasteiger partial charge in [-0.25, -0.2) is 8.42 Å². The summed E-state index contributed by atoms with van der Waals surface area (Å²) >= 11 is 0. The SMILES string of the molecule is Cc1cc(S(=O)(=O)N2CCC(C(N)=O)C2)ccc1C#N. The molecule has 20 heavy (non-hydrogen) atoms. The van der Waals surface area contributed by atoms with Crippen LogP contribution in [0, 0.1) is 24.2 Å². The molecule has 0 aliphatic carbocycles. The minimum absolute atomic E-state index is 0.122. The van der Waals surface area contributed by atoms with Crippen LogP contribution in [0.2, 0.25) is 0 Å². The molecule has 0 radical (unpaired) electrons. The number of carbonyl (C=O) groups excluding carboxylic acids is 1. The monoisotopic (exact) mass is 293 g/mol. The van der Waals surface area contributed by atoms with Crippen LogP contribution in [0.5, 0.6) is 0 Å². The van der Waals surface area contributed by atoms with Gasteiger partial charge in [0.2, 0.25) is 15.9 Å². The minimum Gasteiger partial charge on any atom is -0.369 e. The largest absolute Gasteiger partial charge is 0.369 e. The molecule has 6 nitrogen and oxygen atoms in total. The number of primary amides is 1. The Bertz CT molecular complexity index is 691. The molecule has 1 aromatic carbocycles. The molecule has 1 aliphatic rings. The van der Waals surface area contributed by atoms with E-state index in [0.29, 0.717) is 17.5 Å². The van der Waals surface area contributed by atoms with Gasteiger partial charge in [0, 0.05) is 13.1 Å². The number of nitrogens with zero attached hydrogens (tertiary/aromatic N) is 2. The topological polar surface area (TPSA) is 104 Å². The molecule has 0 aromatic heterocycles. The molecule has 1 heterocycles. The first-order chi connectivity index (χ1) is 9.36. The van der Waals surface area contributed by atoms with Crippen molar-refractivity contribution in [1.82, 2.24) is 4.31 Å². The lowest BCUT2D eigenvalue weighted by Gasteiger charge is -2.16. The minimum atomic E-state index is -3.64. The number of amides is 1. The molecule has 2 rings (SSSR count). The normalized spacial score (nSPS) is 19.7. The zero-order valence-electron chi connectivity index (χ0n) is 11.0. The molecule has 1 aromatic rings. The molecule has 1 saturated heterocycles. The first-order valence-electron chi connectivity index (χ1n) is 6.16. The highest BCUT2D eigenvalue weighted by molar-refractivity contribution is 7.89. The zero-order chi connectivity index (χ0) is 14.9. The molecular weight excluding hydrogens is 278 g/mol. The molecule has 1 amide bonds. The molecule has 0 bridgehead atoms. The Hall–Kier alpha value is -1.91. The van der Waals surface area contributed by atoms with Crippen molar-refractivity contribution in [2.45, 2.75) is 18.2 Å². The summed E-state index contributed by atoms with van der Waals surface area (Å²) in [4.78, 5) is 11.3. The number of sulfonamides is 1. The average Bonchev–Trinajstić information content (AvgIpc) is 2.89. The van der Waals surface area contributed by atoms with Crippen molar-refractivity contribution in [2.75, 3.05) is 13.1 Å². The van der Waals surface area contributed by atoms with Gasteiger partial charge in [0.1, 0.15) is 0 Å². The van der Waals surface area contributed by atoms with Gasteiger partial charge < -0.3 is 5.73 Å². The van der Waals surface area contributed by atoms with Gasteiger partial charge in [0.15, 0.2) is 0 Å². The van der Waals surface area contributed by atoms with E-state index in [1.165, 1.54) is 22.5 Å². The standard InChI is InChI=1S/C13H15N3O3S/c1-9-6-12(3-2-10(9)7-14)20(18,19)16-5-4-11(8-16)13(15)17/h2-3,6,11H,4-5,8H2,1H3,(H2,15,17). The van der Waals surface area contributed by atoms with E-state index in [1.54, 1.807) is 6.92 Å². The number of aryl methyl sites for hydroxylation is 1. The average molecular weight is 293 g/mol. The van der Waals surface area contributed by atoms with E-state index in [-0.39, 0.29) is 18.0 Å². The van der Waals surface area contributed by atoms with Crippen molar-refractivity contribution in [1.29, 1.82) is 5.26 Å². The summed E-state index contributed by atoms with van der Waals surface area (Å²) in [6.45, 7) is 2.10. The van der Waals surface area contributed by atoms with Crippen molar-refractivity contribution >= 4 is 15.9 Å². The number of benzene rings is 1. The van der Waals surface area contributed by atoms with Crippen molar-refractivity contribution < 1.29 is 13.2 Å². The second kappa shape index (κ2) is 5.23. The fourth-order valence-corrected chi connectivity index (χ4v) is 3.84.